The SMILES string of the molecule is COC(=O)C(C)CCC[C@@H]1SC[C@H]2[C@@H]1N(C(=O)OC(C)(C)C)C(=O)N2C(=O)OC(C)(C)C. The van der Waals surface area contributed by atoms with Gasteiger partial charge in [0.2, 0.25) is 0 Å². The van der Waals surface area contributed by atoms with E-state index < -0.39 is 41.5 Å². The molecule has 1 unspecified atom stereocenters. The van der Waals surface area contributed by atoms with Crippen LogP contribution in [0.2, 0.25) is 0 Å². The van der Waals surface area contributed by atoms with E-state index >= 15 is 0 Å². The monoisotopic (exact) mass is 472 g/mol. The standard InChI is InChI=1S/C22H36N2O7S/c1-13(17(25)29-8)10-9-11-15-16-14(12-32-15)23(19(27)30-21(2,3)4)18(26)24(16)20(28)31-22(5,6)7/h13-16H,9-12H2,1-8H3/t13?,14-,15-,16-/m0/s1. The summed E-state index contributed by atoms with van der Waals surface area (Å²) in [5.41, 5.74) is -1.56. The number of hydrogen-bond acceptors (Lipinski definition) is 8. The third-order valence-corrected chi connectivity index (χ3v) is 6.68. The molecule has 4 amide bonds. The predicted molar refractivity (Wildman–Crippen MR) is 120 cm³/mol. The maximum absolute atomic E-state index is 13.2. The van der Waals surface area contributed by atoms with Gasteiger partial charge in [-0.3, -0.25) is 4.79 Å². The summed E-state index contributed by atoms with van der Waals surface area (Å²) in [7, 11) is 1.37. The Morgan fingerprint density at radius 2 is 1.56 bits per heavy atom. The minimum Gasteiger partial charge on any atom is -0.469 e. The van der Waals surface area contributed by atoms with Gasteiger partial charge in [-0.05, 0) is 54.4 Å². The van der Waals surface area contributed by atoms with Crippen molar-refractivity contribution < 1.29 is 33.4 Å². The number of carbonyl (C=O) groups is 4. The molecule has 2 saturated heterocycles. The highest BCUT2D eigenvalue weighted by Crippen LogP contribution is 2.42. The topological polar surface area (TPSA) is 102 Å². The number of rotatable bonds is 5. The Labute approximate surface area is 194 Å². The number of esters is 1. The number of carbonyl (C=O) groups excluding carboxylic acids is 4. The van der Waals surface area contributed by atoms with E-state index in [2.05, 4.69) is 0 Å². The second kappa shape index (κ2) is 9.89. The molecule has 10 heteroatoms. The number of methoxy groups -OCH3 is 1. The molecule has 0 aromatic rings. The number of amides is 4. The normalized spacial score (nSPS) is 24.2. The van der Waals surface area contributed by atoms with Crippen LogP contribution in [0.5, 0.6) is 0 Å². The molecule has 0 N–H and O–H groups in total. The zero-order chi connectivity index (χ0) is 24.4. The second-order valence-electron chi connectivity index (χ2n) is 10.3. The molecular weight excluding hydrogens is 436 g/mol. The molecule has 0 saturated carbocycles. The maximum Gasteiger partial charge on any atom is 0.418 e. The summed E-state index contributed by atoms with van der Waals surface area (Å²) in [5, 5.41) is -0.0752. The quantitative estimate of drug-likeness (QED) is 0.329. The molecule has 2 aliphatic rings. The average Bonchev–Trinajstić information content (AvgIpc) is 3.14. The van der Waals surface area contributed by atoms with E-state index in [1.54, 1.807) is 53.3 Å². The number of nitrogens with zero attached hydrogens (tertiary/aromatic N) is 2. The van der Waals surface area contributed by atoms with Crippen molar-refractivity contribution in [3.8, 4) is 0 Å². The Kier molecular flexibility index (Phi) is 8.12. The molecule has 182 valence electrons. The van der Waals surface area contributed by atoms with Crippen LogP contribution in [-0.2, 0) is 19.0 Å². The van der Waals surface area contributed by atoms with Crippen molar-refractivity contribution in [2.75, 3.05) is 12.9 Å². The molecule has 2 fully saturated rings. The Morgan fingerprint density at radius 3 is 2.06 bits per heavy atom. The van der Waals surface area contributed by atoms with Gasteiger partial charge >= 0.3 is 24.2 Å². The molecule has 0 aromatic carbocycles. The first kappa shape index (κ1) is 26.3. The van der Waals surface area contributed by atoms with E-state index in [0.717, 1.165) is 16.2 Å². The fourth-order valence-electron chi connectivity index (χ4n) is 3.85. The Balaban J connectivity index is 2.22. The first-order valence-corrected chi connectivity index (χ1v) is 12.0. The highest BCUT2D eigenvalue weighted by molar-refractivity contribution is 8.00. The number of thioether (sulfide) groups is 1. The number of fused-ring (bicyclic) bond motifs is 1. The lowest BCUT2D eigenvalue weighted by atomic mass is 9.98. The summed E-state index contributed by atoms with van der Waals surface area (Å²) < 4.78 is 15.7. The van der Waals surface area contributed by atoms with Gasteiger partial charge in [0.15, 0.2) is 0 Å². The van der Waals surface area contributed by atoms with Crippen molar-refractivity contribution in [2.45, 2.75) is 96.3 Å². The maximum atomic E-state index is 13.2. The molecule has 0 aliphatic carbocycles. The molecule has 0 bridgehead atoms. The fraction of sp³-hybridized carbons (Fsp3) is 0.818. The van der Waals surface area contributed by atoms with E-state index in [1.807, 2.05) is 6.92 Å². The fourth-order valence-corrected chi connectivity index (χ4v) is 5.48. The van der Waals surface area contributed by atoms with Crippen molar-refractivity contribution in [3.05, 3.63) is 0 Å². The number of urea groups is 1. The molecule has 9 nitrogen and oxygen atoms in total. The van der Waals surface area contributed by atoms with Crippen LogP contribution in [-0.4, -0.2) is 75.4 Å². The number of hydrogen-bond donors (Lipinski definition) is 0. The molecule has 0 aromatic heterocycles. The van der Waals surface area contributed by atoms with E-state index in [9.17, 15) is 19.2 Å². The molecule has 0 spiro atoms. The van der Waals surface area contributed by atoms with Crippen LogP contribution < -0.4 is 0 Å². The van der Waals surface area contributed by atoms with Crippen molar-refractivity contribution in [3.63, 3.8) is 0 Å². The van der Waals surface area contributed by atoms with Gasteiger partial charge in [-0.15, -0.1) is 0 Å². The second-order valence-corrected chi connectivity index (χ2v) is 11.5. The van der Waals surface area contributed by atoms with Crippen LogP contribution in [0.4, 0.5) is 14.4 Å². The van der Waals surface area contributed by atoms with Gasteiger partial charge in [0.05, 0.1) is 25.1 Å². The summed E-state index contributed by atoms with van der Waals surface area (Å²) in [4.78, 5) is 52.8. The van der Waals surface area contributed by atoms with Crippen LogP contribution in [0, 0.1) is 5.92 Å². The van der Waals surface area contributed by atoms with Crippen molar-refractivity contribution in [1.29, 1.82) is 0 Å². The Hall–Kier alpha value is -1.97. The van der Waals surface area contributed by atoms with Gasteiger partial charge in [-0.25, -0.2) is 24.2 Å². The van der Waals surface area contributed by atoms with Gasteiger partial charge in [0.25, 0.3) is 0 Å². The van der Waals surface area contributed by atoms with Gasteiger partial charge in [-0.1, -0.05) is 13.3 Å². The lowest BCUT2D eigenvalue weighted by Crippen LogP contribution is -2.47. The first-order valence-electron chi connectivity index (χ1n) is 10.9. The highest BCUT2D eigenvalue weighted by atomic mass is 32.2. The first-order chi connectivity index (χ1) is 14.7. The van der Waals surface area contributed by atoms with Gasteiger partial charge in [0, 0.05) is 11.0 Å². The van der Waals surface area contributed by atoms with E-state index in [-0.39, 0.29) is 17.1 Å². The van der Waals surface area contributed by atoms with Gasteiger partial charge in [-0.2, -0.15) is 11.8 Å². The molecule has 0 radical (unpaired) electrons. The minimum absolute atomic E-state index is 0.0752. The highest BCUT2D eigenvalue weighted by Gasteiger charge is 2.59. The third-order valence-electron chi connectivity index (χ3n) is 5.21. The number of imide groups is 2. The average molecular weight is 473 g/mol. The lowest BCUT2D eigenvalue weighted by molar-refractivity contribution is -0.145. The Morgan fingerprint density at radius 1 is 1.03 bits per heavy atom. The van der Waals surface area contributed by atoms with Crippen LogP contribution in [0.15, 0.2) is 0 Å². The van der Waals surface area contributed by atoms with Crippen molar-refractivity contribution >= 4 is 35.9 Å². The smallest absolute Gasteiger partial charge is 0.418 e. The third kappa shape index (κ3) is 6.30. The molecule has 4 atom stereocenters. The van der Waals surface area contributed by atoms with Gasteiger partial charge < -0.3 is 14.2 Å². The zero-order valence-corrected chi connectivity index (χ0v) is 21.1. The molecule has 2 aliphatic heterocycles. The Bertz CT molecular complexity index is 744. The van der Waals surface area contributed by atoms with Gasteiger partial charge in [0.1, 0.15) is 11.2 Å². The molecule has 2 rings (SSSR count). The van der Waals surface area contributed by atoms with Crippen LogP contribution in [0.25, 0.3) is 0 Å². The molecular formula is C22H36N2O7S. The zero-order valence-electron chi connectivity index (χ0n) is 20.3. The summed E-state index contributed by atoms with van der Waals surface area (Å²) in [6.07, 6.45) is 0.516. The number of ether oxygens (including phenoxy) is 3. The van der Waals surface area contributed by atoms with Crippen LogP contribution in [0.3, 0.4) is 0 Å². The molecule has 32 heavy (non-hydrogen) atoms. The van der Waals surface area contributed by atoms with Crippen molar-refractivity contribution in [1.82, 2.24) is 9.80 Å². The summed E-state index contributed by atoms with van der Waals surface area (Å²) in [5.74, 6) is 0.0173. The summed E-state index contributed by atoms with van der Waals surface area (Å²) in [6, 6.07) is -1.71. The van der Waals surface area contributed by atoms with E-state index in [0.29, 0.717) is 18.6 Å². The lowest BCUT2D eigenvalue weighted by Gasteiger charge is -2.28. The van der Waals surface area contributed by atoms with E-state index in [1.165, 1.54) is 7.11 Å². The summed E-state index contributed by atoms with van der Waals surface area (Å²) >= 11 is 1.61. The van der Waals surface area contributed by atoms with Crippen LogP contribution in [0.1, 0.15) is 67.7 Å². The molecule has 2 heterocycles. The largest absolute Gasteiger partial charge is 0.469 e. The predicted octanol–water partition coefficient (Wildman–Crippen LogP) is 4.43. The van der Waals surface area contributed by atoms with E-state index in [4.69, 9.17) is 14.2 Å². The summed E-state index contributed by atoms with van der Waals surface area (Å²) in [6.45, 7) is 12.2. The van der Waals surface area contributed by atoms with Crippen molar-refractivity contribution in [2.24, 2.45) is 5.92 Å². The van der Waals surface area contributed by atoms with Crippen LogP contribution >= 0.6 is 11.8 Å². The minimum atomic E-state index is -0.788.